The Labute approximate surface area is 122 Å². The predicted molar refractivity (Wildman–Crippen MR) is 82.4 cm³/mol. The fourth-order valence-corrected chi connectivity index (χ4v) is 2.78. The largest absolute Gasteiger partial charge is 0.380 e. The molecule has 2 aromatic heterocycles. The summed E-state index contributed by atoms with van der Waals surface area (Å²) >= 11 is 0. The standard InChI is InChI=1S/C16H17N3O2/c1-9-5-4-6-11-13(9)14-10(8-21-3)15(16(20)17-2)18-7-12(14)19-11/h4-7,19H,8H2,1-3H3,(H,17,20). The van der Waals surface area contributed by atoms with Crippen LogP contribution in [0.2, 0.25) is 0 Å². The average molecular weight is 283 g/mol. The first kappa shape index (κ1) is 13.6. The molecule has 0 fully saturated rings. The van der Waals surface area contributed by atoms with Crippen LogP contribution in [0.5, 0.6) is 0 Å². The first-order chi connectivity index (χ1) is 10.2. The molecule has 0 aliphatic heterocycles. The molecule has 0 bridgehead atoms. The number of methoxy groups -OCH3 is 1. The zero-order valence-corrected chi connectivity index (χ0v) is 12.3. The Bertz CT molecular complexity index is 836. The second-order valence-corrected chi connectivity index (χ2v) is 5.01. The minimum atomic E-state index is -0.202. The minimum Gasteiger partial charge on any atom is -0.380 e. The van der Waals surface area contributed by atoms with Crippen molar-refractivity contribution in [1.82, 2.24) is 15.3 Å². The fraction of sp³-hybridized carbons (Fsp3) is 0.250. The molecular weight excluding hydrogens is 266 g/mol. The number of aromatic nitrogens is 2. The molecule has 21 heavy (non-hydrogen) atoms. The second kappa shape index (κ2) is 5.18. The third-order valence-corrected chi connectivity index (χ3v) is 3.70. The number of benzene rings is 1. The number of pyridine rings is 1. The number of nitrogens with one attached hydrogen (secondary N) is 2. The van der Waals surface area contributed by atoms with E-state index in [1.807, 2.05) is 12.1 Å². The Morgan fingerprint density at radius 3 is 2.86 bits per heavy atom. The zero-order valence-electron chi connectivity index (χ0n) is 12.3. The fourth-order valence-electron chi connectivity index (χ4n) is 2.78. The lowest BCUT2D eigenvalue weighted by Crippen LogP contribution is -2.21. The van der Waals surface area contributed by atoms with E-state index >= 15 is 0 Å². The highest BCUT2D eigenvalue weighted by atomic mass is 16.5. The summed E-state index contributed by atoms with van der Waals surface area (Å²) in [7, 11) is 3.22. The van der Waals surface area contributed by atoms with Crippen LogP contribution in [0.15, 0.2) is 24.4 Å². The van der Waals surface area contributed by atoms with Crippen LogP contribution < -0.4 is 5.32 Å². The van der Waals surface area contributed by atoms with Gasteiger partial charge in [-0.15, -0.1) is 0 Å². The highest BCUT2D eigenvalue weighted by Crippen LogP contribution is 2.32. The lowest BCUT2D eigenvalue weighted by atomic mass is 10.0. The number of hydrogen-bond donors (Lipinski definition) is 2. The van der Waals surface area contributed by atoms with Gasteiger partial charge in [-0.25, -0.2) is 4.98 Å². The van der Waals surface area contributed by atoms with Crippen molar-refractivity contribution < 1.29 is 9.53 Å². The number of H-pyrrole nitrogens is 1. The Balaban J connectivity index is 2.45. The van der Waals surface area contributed by atoms with Crippen molar-refractivity contribution in [3.63, 3.8) is 0 Å². The molecule has 5 heteroatoms. The summed E-state index contributed by atoms with van der Waals surface area (Å²) in [6.45, 7) is 2.40. The summed E-state index contributed by atoms with van der Waals surface area (Å²) in [6.07, 6.45) is 1.71. The SMILES string of the molecule is CNC(=O)c1ncc2[nH]c3cccc(C)c3c2c1COC. The van der Waals surface area contributed by atoms with Crippen LogP contribution >= 0.6 is 0 Å². The molecule has 0 saturated heterocycles. The third kappa shape index (κ3) is 2.06. The summed E-state index contributed by atoms with van der Waals surface area (Å²) in [4.78, 5) is 19.7. The van der Waals surface area contributed by atoms with Crippen molar-refractivity contribution in [3.05, 3.63) is 41.2 Å². The van der Waals surface area contributed by atoms with Crippen molar-refractivity contribution in [1.29, 1.82) is 0 Å². The number of aryl methyl sites for hydroxylation is 1. The first-order valence-corrected chi connectivity index (χ1v) is 6.77. The van der Waals surface area contributed by atoms with Crippen molar-refractivity contribution in [2.45, 2.75) is 13.5 Å². The predicted octanol–water partition coefficient (Wildman–Crippen LogP) is 2.53. The van der Waals surface area contributed by atoms with E-state index in [0.29, 0.717) is 12.3 Å². The highest BCUT2D eigenvalue weighted by molar-refractivity contribution is 6.12. The van der Waals surface area contributed by atoms with Gasteiger partial charge < -0.3 is 15.0 Å². The molecule has 0 spiro atoms. The normalized spacial score (nSPS) is 11.2. The summed E-state index contributed by atoms with van der Waals surface area (Å²) in [6, 6.07) is 6.10. The van der Waals surface area contributed by atoms with Gasteiger partial charge in [0.15, 0.2) is 0 Å². The molecule has 0 aliphatic carbocycles. The maximum Gasteiger partial charge on any atom is 0.270 e. The molecule has 0 unspecified atom stereocenters. The van der Waals surface area contributed by atoms with Crippen molar-refractivity contribution in [3.8, 4) is 0 Å². The number of nitrogens with zero attached hydrogens (tertiary/aromatic N) is 1. The maximum absolute atomic E-state index is 12.1. The van der Waals surface area contributed by atoms with Crippen LogP contribution in [0, 0.1) is 6.92 Å². The number of carbonyl (C=O) groups excluding carboxylic acids is 1. The van der Waals surface area contributed by atoms with Gasteiger partial charge in [0.1, 0.15) is 5.69 Å². The lowest BCUT2D eigenvalue weighted by Gasteiger charge is -2.09. The number of ether oxygens (including phenoxy) is 1. The van der Waals surface area contributed by atoms with Crippen LogP contribution in [0.4, 0.5) is 0 Å². The van der Waals surface area contributed by atoms with Gasteiger partial charge >= 0.3 is 0 Å². The number of amides is 1. The molecule has 2 heterocycles. The molecule has 3 aromatic rings. The molecule has 3 rings (SSSR count). The number of hydrogen-bond acceptors (Lipinski definition) is 3. The van der Waals surface area contributed by atoms with Crippen LogP contribution in [0.1, 0.15) is 21.6 Å². The number of carbonyl (C=O) groups is 1. The topological polar surface area (TPSA) is 67.0 Å². The summed E-state index contributed by atoms with van der Waals surface area (Å²) in [5.41, 5.74) is 4.34. The number of rotatable bonds is 3. The van der Waals surface area contributed by atoms with Gasteiger partial charge in [0.25, 0.3) is 5.91 Å². The van der Waals surface area contributed by atoms with Crippen molar-refractivity contribution in [2.24, 2.45) is 0 Å². The Morgan fingerprint density at radius 1 is 1.33 bits per heavy atom. The molecule has 5 nitrogen and oxygen atoms in total. The average Bonchev–Trinajstić information content (AvgIpc) is 2.87. The Kier molecular flexibility index (Phi) is 3.35. The molecule has 1 aromatic carbocycles. The van der Waals surface area contributed by atoms with Crippen LogP contribution in [-0.4, -0.2) is 30.0 Å². The molecular formula is C16H17N3O2. The van der Waals surface area contributed by atoms with E-state index in [1.54, 1.807) is 20.4 Å². The quantitative estimate of drug-likeness (QED) is 0.776. The van der Waals surface area contributed by atoms with Crippen LogP contribution in [-0.2, 0) is 11.3 Å². The zero-order chi connectivity index (χ0) is 15.0. The second-order valence-electron chi connectivity index (χ2n) is 5.01. The summed E-state index contributed by atoms with van der Waals surface area (Å²) < 4.78 is 5.30. The van der Waals surface area contributed by atoms with Gasteiger partial charge in [0.2, 0.25) is 0 Å². The van der Waals surface area contributed by atoms with Gasteiger partial charge in [-0.1, -0.05) is 12.1 Å². The van der Waals surface area contributed by atoms with Gasteiger partial charge in [0, 0.05) is 36.0 Å². The third-order valence-electron chi connectivity index (χ3n) is 3.70. The van der Waals surface area contributed by atoms with Crippen LogP contribution in [0.25, 0.3) is 21.8 Å². The minimum absolute atomic E-state index is 0.202. The summed E-state index contributed by atoms with van der Waals surface area (Å²) in [5.74, 6) is -0.202. The van der Waals surface area contributed by atoms with Gasteiger partial charge in [-0.2, -0.15) is 0 Å². The molecule has 2 N–H and O–H groups in total. The van der Waals surface area contributed by atoms with Gasteiger partial charge in [0.05, 0.1) is 18.3 Å². The van der Waals surface area contributed by atoms with E-state index in [0.717, 1.165) is 32.9 Å². The molecule has 0 aliphatic rings. The van der Waals surface area contributed by atoms with E-state index < -0.39 is 0 Å². The molecule has 108 valence electrons. The van der Waals surface area contributed by atoms with Crippen molar-refractivity contribution >= 4 is 27.7 Å². The van der Waals surface area contributed by atoms with Gasteiger partial charge in [-0.05, 0) is 18.6 Å². The smallest absolute Gasteiger partial charge is 0.270 e. The van der Waals surface area contributed by atoms with Crippen LogP contribution in [0.3, 0.4) is 0 Å². The molecule has 0 atom stereocenters. The van der Waals surface area contributed by atoms with Crippen molar-refractivity contribution in [2.75, 3.05) is 14.2 Å². The van der Waals surface area contributed by atoms with E-state index in [2.05, 4.69) is 28.3 Å². The highest BCUT2D eigenvalue weighted by Gasteiger charge is 2.19. The maximum atomic E-state index is 12.1. The lowest BCUT2D eigenvalue weighted by molar-refractivity contribution is 0.0953. The van der Waals surface area contributed by atoms with E-state index in [4.69, 9.17) is 4.74 Å². The molecule has 0 radical (unpaired) electrons. The van der Waals surface area contributed by atoms with Gasteiger partial charge in [-0.3, -0.25) is 4.79 Å². The number of fused-ring (bicyclic) bond motifs is 3. The van der Waals surface area contributed by atoms with E-state index in [-0.39, 0.29) is 5.91 Å². The Hall–Kier alpha value is -2.40. The molecule has 1 amide bonds. The van der Waals surface area contributed by atoms with E-state index in [1.165, 1.54) is 0 Å². The first-order valence-electron chi connectivity index (χ1n) is 6.77. The molecule has 0 saturated carbocycles. The monoisotopic (exact) mass is 283 g/mol. The summed E-state index contributed by atoms with van der Waals surface area (Å²) in [5, 5.41) is 4.76. The number of aromatic amines is 1. The van der Waals surface area contributed by atoms with E-state index in [9.17, 15) is 4.79 Å². The Morgan fingerprint density at radius 2 is 2.14 bits per heavy atom.